The van der Waals surface area contributed by atoms with Crippen LogP contribution in [-0.2, 0) is 5.41 Å². The molecule has 0 N–H and O–H groups in total. The summed E-state index contributed by atoms with van der Waals surface area (Å²) < 4.78 is 6.33. The van der Waals surface area contributed by atoms with Gasteiger partial charge in [0.2, 0.25) is 0 Å². The molecule has 0 spiro atoms. The first-order chi connectivity index (χ1) is 10.2. The summed E-state index contributed by atoms with van der Waals surface area (Å²) in [6.45, 7) is 2.56. The highest BCUT2D eigenvalue weighted by atomic mass is 79.9. The first-order valence-electron chi connectivity index (χ1n) is 7.20. The van der Waals surface area contributed by atoms with Gasteiger partial charge in [-0.05, 0) is 59.5 Å². The first-order valence-corrected chi connectivity index (χ1v) is 7.99. The minimum Gasteiger partial charge on any atom is -0.493 e. The van der Waals surface area contributed by atoms with Gasteiger partial charge < -0.3 is 4.74 Å². The van der Waals surface area contributed by atoms with Crippen LogP contribution >= 0.6 is 15.9 Å². The summed E-state index contributed by atoms with van der Waals surface area (Å²) in [7, 11) is 0. The molecule has 3 heteroatoms. The lowest BCUT2D eigenvalue weighted by molar-refractivity contribution is 0.0946. The van der Waals surface area contributed by atoms with Crippen LogP contribution in [0.4, 0.5) is 0 Å². The van der Waals surface area contributed by atoms with Crippen LogP contribution < -0.4 is 4.74 Å². The van der Waals surface area contributed by atoms with E-state index < -0.39 is 0 Å². The van der Waals surface area contributed by atoms with Crippen molar-refractivity contribution in [2.75, 3.05) is 6.61 Å². The Balaban J connectivity index is 1.91. The van der Waals surface area contributed by atoms with E-state index in [1.807, 2.05) is 43.3 Å². The van der Waals surface area contributed by atoms with Gasteiger partial charge in [0.1, 0.15) is 5.75 Å². The van der Waals surface area contributed by atoms with Gasteiger partial charge in [-0.3, -0.25) is 4.79 Å². The smallest absolute Gasteiger partial charge is 0.173 e. The van der Waals surface area contributed by atoms with Crippen LogP contribution in [0.15, 0.2) is 53.0 Å². The van der Waals surface area contributed by atoms with Crippen molar-refractivity contribution >= 4 is 21.7 Å². The Morgan fingerprint density at radius 2 is 1.90 bits per heavy atom. The molecule has 2 nitrogen and oxygen atoms in total. The third-order valence-electron chi connectivity index (χ3n) is 4.00. The summed E-state index contributed by atoms with van der Waals surface area (Å²) in [5, 5.41) is 0. The van der Waals surface area contributed by atoms with Crippen LogP contribution in [0.2, 0.25) is 0 Å². The first kappa shape index (κ1) is 14.3. The van der Waals surface area contributed by atoms with E-state index in [0.717, 1.165) is 34.2 Å². The third kappa shape index (κ3) is 2.62. The summed E-state index contributed by atoms with van der Waals surface area (Å²) in [5.41, 5.74) is 1.56. The largest absolute Gasteiger partial charge is 0.493 e. The van der Waals surface area contributed by atoms with E-state index in [9.17, 15) is 4.79 Å². The molecule has 0 unspecified atom stereocenters. The van der Waals surface area contributed by atoms with E-state index in [1.165, 1.54) is 0 Å². The minimum absolute atomic E-state index is 0.206. The van der Waals surface area contributed by atoms with Crippen molar-refractivity contribution in [3.8, 4) is 5.75 Å². The normalized spacial score (nSPS) is 15.5. The summed E-state index contributed by atoms with van der Waals surface area (Å²) in [6.07, 6.45) is 1.86. The zero-order chi connectivity index (χ0) is 14.9. The second-order valence-electron chi connectivity index (χ2n) is 5.36. The Labute approximate surface area is 133 Å². The van der Waals surface area contributed by atoms with Gasteiger partial charge in [0.15, 0.2) is 5.78 Å². The molecule has 2 aromatic rings. The van der Waals surface area contributed by atoms with Gasteiger partial charge in [0.05, 0.1) is 16.5 Å². The average molecular weight is 345 g/mol. The Hall–Kier alpha value is -1.61. The number of hydrogen-bond donors (Lipinski definition) is 0. The summed E-state index contributed by atoms with van der Waals surface area (Å²) in [4.78, 5) is 12.9. The highest BCUT2D eigenvalue weighted by Crippen LogP contribution is 2.50. The molecule has 0 aliphatic heterocycles. The lowest BCUT2D eigenvalue weighted by atomic mass is 9.87. The van der Waals surface area contributed by atoms with E-state index in [-0.39, 0.29) is 11.2 Å². The highest BCUT2D eigenvalue weighted by molar-refractivity contribution is 9.10. The molecule has 0 amide bonds. The molecule has 1 aliphatic rings. The molecule has 0 saturated heterocycles. The monoisotopic (exact) mass is 344 g/mol. The van der Waals surface area contributed by atoms with Crippen LogP contribution in [0, 0.1) is 0 Å². The lowest BCUT2D eigenvalue weighted by Crippen LogP contribution is -2.20. The van der Waals surface area contributed by atoms with Crippen molar-refractivity contribution < 1.29 is 9.53 Å². The maximum Gasteiger partial charge on any atom is 0.173 e. The molecule has 1 aliphatic carbocycles. The minimum atomic E-state index is -0.312. The van der Waals surface area contributed by atoms with Gasteiger partial charge >= 0.3 is 0 Å². The number of carbonyl (C=O) groups excluding carboxylic acids is 1. The lowest BCUT2D eigenvalue weighted by Gasteiger charge is -2.15. The van der Waals surface area contributed by atoms with Crippen molar-refractivity contribution in [3.63, 3.8) is 0 Å². The molecule has 108 valence electrons. The molecule has 0 radical (unpaired) electrons. The number of hydrogen-bond acceptors (Lipinski definition) is 2. The zero-order valence-corrected chi connectivity index (χ0v) is 13.5. The number of rotatable bonds is 5. The molecule has 0 aromatic heterocycles. The topological polar surface area (TPSA) is 26.3 Å². The third-order valence-corrected chi connectivity index (χ3v) is 4.62. The predicted octanol–water partition coefficient (Wildman–Crippen LogP) is 4.76. The summed E-state index contributed by atoms with van der Waals surface area (Å²) in [6, 6.07) is 15.7. The van der Waals surface area contributed by atoms with Crippen molar-refractivity contribution in [2.45, 2.75) is 25.2 Å². The molecule has 1 fully saturated rings. The van der Waals surface area contributed by atoms with Gasteiger partial charge in [-0.2, -0.15) is 0 Å². The SMILES string of the molecule is CCOc1ccc(C(=O)C2(c3ccccc3)CC2)cc1Br. The Kier molecular flexibility index (Phi) is 3.85. The standard InChI is InChI=1S/C18H17BrO2/c1-2-21-16-9-8-13(12-15(16)19)17(20)18(10-11-18)14-6-4-3-5-7-14/h3-9,12H,2,10-11H2,1H3. The second-order valence-corrected chi connectivity index (χ2v) is 6.21. The van der Waals surface area contributed by atoms with Crippen LogP contribution in [-0.4, -0.2) is 12.4 Å². The molecule has 2 aromatic carbocycles. The van der Waals surface area contributed by atoms with E-state index >= 15 is 0 Å². The number of ether oxygens (including phenoxy) is 1. The van der Waals surface area contributed by atoms with Crippen molar-refractivity contribution in [1.82, 2.24) is 0 Å². The van der Waals surface area contributed by atoms with Gasteiger partial charge in [-0.25, -0.2) is 0 Å². The fourth-order valence-corrected chi connectivity index (χ4v) is 3.21. The summed E-state index contributed by atoms with van der Waals surface area (Å²) in [5.74, 6) is 0.982. The van der Waals surface area contributed by atoms with Gasteiger partial charge in [0, 0.05) is 5.56 Å². The molecule has 0 heterocycles. The molecule has 0 atom stereocenters. The Morgan fingerprint density at radius 3 is 2.48 bits per heavy atom. The zero-order valence-electron chi connectivity index (χ0n) is 11.9. The molecular formula is C18H17BrO2. The molecular weight excluding hydrogens is 328 g/mol. The van der Waals surface area contributed by atoms with Gasteiger partial charge in [-0.15, -0.1) is 0 Å². The maximum absolute atomic E-state index is 12.9. The van der Waals surface area contributed by atoms with Gasteiger partial charge in [-0.1, -0.05) is 30.3 Å². The number of benzene rings is 2. The molecule has 21 heavy (non-hydrogen) atoms. The average Bonchev–Trinajstić information content (AvgIpc) is 3.31. The molecule has 1 saturated carbocycles. The fourth-order valence-electron chi connectivity index (χ4n) is 2.72. The van der Waals surface area contributed by atoms with E-state index in [1.54, 1.807) is 0 Å². The van der Waals surface area contributed by atoms with Crippen LogP contribution in [0.1, 0.15) is 35.7 Å². The van der Waals surface area contributed by atoms with E-state index in [0.29, 0.717) is 6.61 Å². The fraction of sp³-hybridized carbons (Fsp3) is 0.278. The predicted molar refractivity (Wildman–Crippen MR) is 87.0 cm³/mol. The van der Waals surface area contributed by atoms with E-state index in [4.69, 9.17) is 4.74 Å². The second kappa shape index (κ2) is 5.64. The number of Topliss-reactive ketones (excluding diaryl/α,β-unsaturated/α-hetero) is 1. The van der Waals surface area contributed by atoms with Crippen LogP contribution in [0.5, 0.6) is 5.75 Å². The molecule has 3 rings (SSSR count). The number of carbonyl (C=O) groups is 1. The maximum atomic E-state index is 12.9. The van der Waals surface area contributed by atoms with Crippen molar-refractivity contribution in [1.29, 1.82) is 0 Å². The molecule has 0 bridgehead atoms. The summed E-state index contributed by atoms with van der Waals surface area (Å²) >= 11 is 3.48. The Morgan fingerprint density at radius 1 is 1.19 bits per heavy atom. The van der Waals surface area contributed by atoms with Crippen LogP contribution in [0.3, 0.4) is 0 Å². The van der Waals surface area contributed by atoms with Gasteiger partial charge in [0.25, 0.3) is 0 Å². The Bertz CT molecular complexity index is 660. The van der Waals surface area contributed by atoms with Crippen molar-refractivity contribution in [3.05, 3.63) is 64.1 Å². The number of halogens is 1. The quantitative estimate of drug-likeness (QED) is 0.730. The highest BCUT2D eigenvalue weighted by Gasteiger charge is 2.51. The van der Waals surface area contributed by atoms with Crippen LogP contribution in [0.25, 0.3) is 0 Å². The van der Waals surface area contributed by atoms with E-state index in [2.05, 4.69) is 28.1 Å². The van der Waals surface area contributed by atoms with Crippen molar-refractivity contribution in [2.24, 2.45) is 0 Å². The number of ketones is 1.